The van der Waals surface area contributed by atoms with Gasteiger partial charge in [0.2, 0.25) is 0 Å². The maximum atomic E-state index is 10.6. The second kappa shape index (κ2) is 5.48. The van der Waals surface area contributed by atoms with Crippen LogP contribution in [-0.2, 0) is 0 Å². The van der Waals surface area contributed by atoms with Crippen LogP contribution in [0.2, 0.25) is 0 Å². The van der Waals surface area contributed by atoms with Gasteiger partial charge in [0, 0.05) is 32.7 Å². The van der Waals surface area contributed by atoms with Gasteiger partial charge in [0.15, 0.2) is 0 Å². The van der Waals surface area contributed by atoms with E-state index in [1.807, 2.05) is 0 Å². The standard InChI is InChI=1S/C13H26N2O/c1-12(11-15-9-7-14-8-10-15)13(16)5-3-2-4-6-13/h12,14,16H,2-11H2,1H3. The molecule has 0 aromatic rings. The molecule has 1 unspecified atom stereocenters. The van der Waals surface area contributed by atoms with Crippen molar-refractivity contribution in [2.24, 2.45) is 5.92 Å². The average molecular weight is 226 g/mol. The number of aliphatic hydroxyl groups is 1. The highest BCUT2D eigenvalue weighted by Gasteiger charge is 2.35. The first-order valence-electron chi connectivity index (χ1n) is 6.86. The first-order valence-corrected chi connectivity index (χ1v) is 6.86. The summed E-state index contributed by atoms with van der Waals surface area (Å²) in [6.45, 7) is 7.78. The second-order valence-electron chi connectivity index (χ2n) is 5.62. The fraction of sp³-hybridized carbons (Fsp3) is 1.00. The summed E-state index contributed by atoms with van der Waals surface area (Å²) in [6.07, 6.45) is 5.76. The minimum Gasteiger partial charge on any atom is -0.390 e. The molecule has 0 bridgehead atoms. The maximum Gasteiger partial charge on any atom is 0.0685 e. The van der Waals surface area contributed by atoms with Gasteiger partial charge in [0.1, 0.15) is 0 Å². The number of nitrogens with zero attached hydrogens (tertiary/aromatic N) is 1. The molecule has 1 atom stereocenters. The van der Waals surface area contributed by atoms with Gasteiger partial charge < -0.3 is 15.3 Å². The first kappa shape index (κ1) is 12.3. The molecule has 2 N–H and O–H groups in total. The summed E-state index contributed by atoms with van der Waals surface area (Å²) in [4.78, 5) is 2.49. The number of hydrogen-bond donors (Lipinski definition) is 2. The second-order valence-corrected chi connectivity index (χ2v) is 5.62. The molecule has 0 spiro atoms. The van der Waals surface area contributed by atoms with E-state index in [1.165, 1.54) is 19.3 Å². The van der Waals surface area contributed by atoms with Crippen LogP contribution >= 0.6 is 0 Å². The molecule has 1 aliphatic heterocycles. The molecule has 1 heterocycles. The van der Waals surface area contributed by atoms with Crippen molar-refractivity contribution in [1.82, 2.24) is 10.2 Å². The smallest absolute Gasteiger partial charge is 0.0685 e. The van der Waals surface area contributed by atoms with Crippen molar-refractivity contribution in [3.05, 3.63) is 0 Å². The topological polar surface area (TPSA) is 35.5 Å². The van der Waals surface area contributed by atoms with Gasteiger partial charge in [0.25, 0.3) is 0 Å². The van der Waals surface area contributed by atoms with Crippen LogP contribution in [0.5, 0.6) is 0 Å². The molecule has 16 heavy (non-hydrogen) atoms. The predicted molar refractivity (Wildman–Crippen MR) is 66.5 cm³/mol. The summed E-state index contributed by atoms with van der Waals surface area (Å²) >= 11 is 0. The van der Waals surface area contributed by atoms with Crippen molar-refractivity contribution in [2.75, 3.05) is 32.7 Å². The third-order valence-corrected chi connectivity index (χ3v) is 4.38. The molecule has 2 fully saturated rings. The molecular weight excluding hydrogens is 200 g/mol. The molecule has 0 aromatic heterocycles. The van der Waals surface area contributed by atoms with E-state index < -0.39 is 0 Å². The lowest BCUT2D eigenvalue weighted by molar-refractivity contribution is -0.0537. The minimum atomic E-state index is -0.372. The van der Waals surface area contributed by atoms with Crippen molar-refractivity contribution in [1.29, 1.82) is 0 Å². The summed E-state index contributed by atoms with van der Waals surface area (Å²) in [7, 11) is 0. The molecule has 1 aliphatic carbocycles. The highest BCUT2D eigenvalue weighted by atomic mass is 16.3. The molecule has 0 amide bonds. The van der Waals surface area contributed by atoms with Gasteiger partial charge in [-0.05, 0) is 18.8 Å². The zero-order chi connectivity index (χ0) is 11.4. The lowest BCUT2D eigenvalue weighted by Crippen LogP contribution is -2.49. The van der Waals surface area contributed by atoms with E-state index in [0.29, 0.717) is 5.92 Å². The van der Waals surface area contributed by atoms with Gasteiger partial charge >= 0.3 is 0 Å². The Kier molecular flexibility index (Phi) is 4.22. The summed E-state index contributed by atoms with van der Waals surface area (Å²) in [5.41, 5.74) is -0.372. The van der Waals surface area contributed by atoms with Crippen molar-refractivity contribution >= 4 is 0 Å². The highest BCUT2D eigenvalue weighted by molar-refractivity contribution is 4.89. The van der Waals surface area contributed by atoms with Crippen molar-refractivity contribution in [2.45, 2.75) is 44.6 Å². The van der Waals surface area contributed by atoms with Gasteiger partial charge in [-0.2, -0.15) is 0 Å². The fourth-order valence-electron chi connectivity index (χ4n) is 3.11. The Morgan fingerprint density at radius 2 is 1.81 bits per heavy atom. The van der Waals surface area contributed by atoms with E-state index in [2.05, 4.69) is 17.1 Å². The molecule has 3 heteroatoms. The van der Waals surface area contributed by atoms with E-state index >= 15 is 0 Å². The van der Waals surface area contributed by atoms with Crippen LogP contribution in [-0.4, -0.2) is 48.3 Å². The van der Waals surface area contributed by atoms with Crippen LogP contribution in [0.1, 0.15) is 39.0 Å². The zero-order valence-corrected chi connectivity index (χ0v) is 10.5. The van der Waals surface area contributed by atoms with E-state index in [4.69, 9.17) is 0 Å². The number of rotatable bonds is 3. The lowest BCUT2D eigenvalue weighted by Gasteiger charge is -2.40. The van der Waals surface area contributed by atoms with Gasteiger partial charge in [0.05, 0.1) is 5.60 Å². The van der Waals surface area contributed by atoms with Crippen LogP contribution < -0.4 is 5.32 Å². The molecule has 2 aliphatic rings. The van der Waals surface area contributed by atoms with Crippen LogP contribution in [0.4, 0.5) is 0 Å². The van der Waals surface area contributed by atoms with Gasteiger partial charge in [-0.15, -0.1) is 0 Å². The van der Waals surface area contributed by atoms with Crippen molar-refractivity contribution in [3.63, 3.8) is 0 Å². The highest BCUT2D eigenvalue weighted by Crippen LogP contribution is 2.34. The Bertz CT molecular complexity index is 208. The SMILES string of the molecule is CC(CN1CCNCC1)C1(O)CCCCC1. The quantitative estimate of drug-likeness (QED) is 0.759. The maximum absolute atomic E-state index is 10.6. The minimum absolute atomic E-state index is 0.372. The third kappa shape index (κ3) is 2.96. The summed E-state index contributed by atoms with van der Waals surface area (Å²) in [5, 5.41) is 14.0. The Labute approximate surface area is 99.2 Å². The van der Waals surface area contributed by atoms with Gasteiger partial charge in [-0.25, -0.2) is 0 Å². The molecule has 0 aromatic carbocycles. The van der Waals surface area contributed by atoms with Gasteiger partial charge in [-0.3, -0.25) is 0 Å². The predicted octanol–water partition coefficient (Wildman–Crippen LogP) is 1.22. The monoisotopic (exact) mass is 226 g/mol. The molecule has 0 radical (unpaired) electrons. The van der Waals surface area contributed by atoms with Crippen LogP contribution in [0.15, 0.2) is 0 Å². The summed E-state index contributed by atoms with van der Waals surface area (Å²) in [5.74, 6) is 0.422. The van der Waals surface area contributed by atoms with Crippen molar-refractivity contribution < 1.29 is 5.11 Å². The van der Waals surface area contributed by atoms with Crippen LogP contribution in [0, 0.1) is 5.92 Å². The number of nitrogens with one attached hydrogen (secondary N) is 1. The Balaban J connectivity index is 1.83. The average Bonchev–Trinajstić information content (AvgIpc) is 2.31. The van der Waals surface area contributed by atoms with Crippen molar-refractivity contribution in [3.8, 4) is 0 Å². The number of hydrogen-bond acceptors (Lipinski definition) is 3. The summed E-state index contributed by atoms with van der Waals surface area (Å²) in [6, 6.07) is 0. The summed E-state index contributed by atoms with van der Waals surface area (Å²) < 4.78 is 0. The van der Waals surface area contributed by atoms with E-state index in [-0.39, 0.29) is 5.60 Å². The molecular formula is C13H26N2O. The van der Waals surface area contributed by atoms with E-state index in [0.717, 1.165) is 45.6 Å². The van der Waals surface area contributed by atoms with Gasteiger partial charge in [-0.1, -0.05) is 26.2 Å². The Morgan fingerprint density at radius 1 is 1.19 bits per heavy atom. The Morgan fingerprint density at radius 3 is 2.44 bits per heavy atom. The van der Waals surface area contributed by atoms with E-state index in [1.54, 1.807) is 0 Å². The molecule has 1 saturated carbocycles. The first-order chi connectivity index (χ1) is 7.71. The molecule has 94 valence electrons. The van der Waals surface area contributed by atoms with Crippen LogP contribution in [0.25, 0.3) is 0 Å². The van der Waals surface area contributed by atoms with Crippen LogP contribution in [0.3, 0.4) is 0 Å². The number of piperazine rings is 1. The Hall–Kier alpha value is -0.120. The molecule has 3 nitrogen and oxygen atoms in total. The molecule has 2 rings (SSSR count). The van der Waals surface area contributed by atoms with E-state index in [9.17, 15) is 5.11 Å². The lowest BCUT2D eigenvalue weighted by atomic mass is 9.76. The normalized spacial score (nSPS) is 28.9. The third-order valence-electron chi connectivity index (χ3n) is 4.38. The fourth-order valence-corrected chi connectivity index (χ4v) is 3.11. The largest absolute Gasteiger partial charge is 0.390 e. The zero-order valence-electron chi connectivity index (χ0n) is 10.5. The molecule has 1 saturated heterocycles.